The molecule has 6 nitrogen and oxygen atoms in total. The molecule has 0 aromatic heterocycles. The number of carboxylic acid groups (broad SMARTS) is 2. The zero-order valence-corrected chi connectivity index (χ0v) is 16.0. The quantitative estimate of drug-likeness (QED) is 0.577. The van der Waals surface area contributed by atoms with Gasteiger partial charge in [0.25, 0.3) is 0 Å². The zero-order chi connectivity index (χ0) is 20.7. The van der Waals surface area contributed by atoms with E-state index in [1.54, 1.807) is 26.0 Å². The first kappa shape index (κ1) is 21.3. The van der Waals surface area contributed by atoms with E-state index in [0.717, 1.165) is 5.56 Å². The number of Topliss-reactive ketones (excluding diaryl/α,β-unsaturated/α-hetero) is 1. The highest BCUT2D eigenvalue weighted by Crippen LogP contribution is 2.27. The lowest BCUT2D eigenvalue weighted by molar-refractivity contribution is -0.141. The average Bonchev–Trinajstić information content (AvgIpc) is 2.70. The van der Waals surface area contributed by atoms with Crippen LogP contribution in [0.4, 0.5) is 0 Å². The second-order valence-corrected chi connectivity index (χ2v) is 6.71. The topological polar surface area (TPSA) is 104 Å². The Balaban J connectivity index is 2.33. The Bertz CT molecular complexity index is 847. The molecule has 0 saturated carbocycles. The number of aliphatic carboxylic acids is 1. The summed E-state index contributed by atoms with van der Waals surface area (Å²) in [7, 11) is 0. The van der Waals surface area contributed by atoms with Crippen LogP contribution in [0, 0.1) is 5.92 Å². The lowest BCUT2D eigenvalue weighted by atomic mass is 9.93. The fourth-order valence-corrected chi connectivity index (χ4v) is 2.98. The van der Waals surface area contributed by atoms with Crippen LogP contribution >= 0.6 is 0 Å². The molecule has 28 heavy (non-hydrogen) atoms. The molecule has 2 aromatic rings. The van der Waals surface area contributed by atoms with Crippen LogP contribution in [0.3, 0.4) is 0 Å². The van der Waals surface area contributed by atoms with Crippen molar-refractivity contribution in [2.45, 2.75) is 32.7 Å². The molecule has 0 radical (unpaired) electrons. The van der Waals surface area contributed by atoms with Gasteiger partial charge < -0.3 is 15.5 Å². The summed E-state index contributed by atoms with van der Waals surface area (Å²) in [6.45, 7) is 3.69. The summed E-state index contributed by atoms with van der Waals surface area (Å²) >= 11 is 0. The minimum Gasteiger partial charge on any atom is -0.481 e. The van der Waals surface area contributed by atoms with E-state index in [1.807, 2.05) is 30.3 Å². The van der Waals surface area contributed by atoms with Crippen LogP contribution in [0.15, 0.2) is 48.5 Å². The molecule has 2 rings (SSSR count). The third kappa shape index (κ3) is 5.27. The van der Waals surface area contributed by atoms with Crippen molar-refractivity contribution in [3.05, 3.63) is 59.7 Å². The van der Waals surface area contributed by atoms with Crippen LogP contribution in [0.25, 0.3) is 11.1 Å². The van der Waals surface area contributed by atoms with Crippen molar-refractivity contribution in [1.29, 1.82) is 0 Å². The van der Waals surface area contributed by atoms with Gasteiger partial charge in [0, 0.05) is 6.42 Å². The average molecular weight is 383 g/mol. The molecule has 0 amide bonds. The van der Waals surface area contributed by atoms with Crippen molar-refractivity contribution >= 4 is 17.7 Å². The molecule has 6 heteroatoms. The van der Waals surface area contributed by atoms with Gasteiger partial charge in [-0.15, -0.1) is 0 Å². The smallest absolute Gasteiger partial charge is 0.336 e. The molecule has 1 unspecified atom stereocenters. The number of nitrogens with one attached hydrogen (secondary N) is 1. The fraction of sp³-hybridized carbons (Fsp3) is 0.318. The van der Waals surface area contributed by atoms with Gasteiger partial charge in [-0.05, 0) is 35.7 Å². The van der Waals surface area contributed by atoms with E-state index in [9.17, 15) is 19.5 Å². The second kappa shape index (κ2) is 9.80. The predicted molar refractivity (Wildman–Crippen MR) is 106 cm³/mol. The number of hydrogen-bond acceptors (Lipinski definition) is 4. The van der Waals surface area contributed by atoms with Gasteiger partial charge >= 0.3 is 11.9 Å². The number of hydrogen-bond donors (Lipinski definition) is 3. The van der Waals surface area contributed by atoms with Gasteiger partial charge in [0.2, 0.25) is 0 Å². The molecule has 0 aliphatic rings. The Labute approximate surface area is 164 Å². The third-order valence-electron chi connectivity index (χ3n) is 4.71. The van der Waals surface area contributed by atoms with Crippen LogP contribution in [-0.2, 0) is 9.59 Å². The molecule has 0 saturated heterocycles. The van der Waals surface area contributed by atoms with E-state index in [0.29, 0.717) is 24.1 Å². The molecule has 2 atom stereocenters. The van der Waals surface area contributed by atoms with E-state index >= 15 is 0 Å². The minimum absolute atomic E-state index is 0.0771. The van der Waals surface area contributed by atoms with Gasteiger partial charge in [-0.3, -0.25) is 9.59 Å². The highest BCUT2D eigenvalue weighted by molar-refractivity contribution is 5.97. The maximum Gasteiger partial charge on any atom is 0.336 e. The van der Waals surface area contributed by atoms with E-state index < -0.39 is 23.9 Å². The highest BCUT2D eigenvalue weighted by atomic mass is 16.4. The molecule has 148 valence electrons. The summed E-state index contributed by atoms with van der Waals surface area (Å²) in [5, 5.41) is 21.8. The maximum absolute atomic E-state index is 12.4. The van der Waals surface area contributed by atoms with Crippen LogP contribution in [0.1, 0.15) is 48.7 Å². The van der Waals surface area contributed by atoms with Gasteiger partial charge in [-0.2, -0.15) is 0 Å². The second-order valence-electron chi connectivity index (χ2n) is 6.71. The fourth-order valence-electron chi connectivity index (χ4n) is 2.98. The summed E-state index contributed by atoms with van der Waals surface area (Å²) in [5.74, 6) is -2.56. The SMILES string of the molecule is CCC(=O)C(NCC[C@@H](C)C(=O)O)c1ccc(-c2ccccc2)c(C(=O)O)c1. The third-order valence-corrected chi connectivity index (χ3v) is 4.71. The van der Waals surface area contributed by atoms with Crippen LogP contribution in [-0.4, -0.2) is 34.5 Å². The first-order valence-corrected chi connectivity index (χ1v) is 9.26. The van der Waals surface area contributed by atoms with Crippen LogP contribution < -0.4 is 5.32 Å². The lowest BCUT2D eigenvalue weighted by Crippen LogP contribution is -2.31. The maximum atomic E-state index is 12.4. The molecule has 2 aromatic carbocycles. The number of aromatic carboxylic acids is 1. The first-order chi connectivity index (χ1) is 13.3. The summed E-state index contributed by atoms with van der Waals surface area (Å²) in [4.78, 5) is 35.2. The molecule has 0 heterocycles. The molecule has 0 aliphatic heterocycles. The molecule has 3 N–H and O–H groups in total. The van der Waals surface area contributed by atoms with Gasteiger partial charge in [0.1, 0.15) is 0 Å². The van der Waals surface area contributed by atoms with E-state index in [2.05, 4.69) is 5.32 Å². The first-order valence-electron chi connectivity index (χ1n) is 9.26. The molecule has 0 fully saturated rings. The van der Waals surface area contributed by atoms with Crippen molar-refractivity contribution in [2.75, 3.05) is 6.54 Å². The van der Waals surface area contributed by atoms with Gasteiger partial charge in [0.15, 0.2) is 5.78 Å². The molecule has 0 aliphatic carbocycles. The lowest BCUT2D eigenvalue weighted by Gasteiger charge is -2.20. The van der Waals surface area contributed by atoms with Gasteiger partial charge in [-0.25, -0.2) is 4.79 Å². The highest BCUT2D eigenvalue weighted by Gasteiger charge is 2.22. The van der Waals surface area contributed by atoms with Crippen molar-refractivity contribution in [3.63, 3.8) is 0 Å². The largest absolute Gasteiger partial charge is 0.481 e. The molecular formula is C22H25NO5. The monoisotopic (exact) mass is 383 g/mol. The number of carboxylic acids is 2. The Morgan fingerprint density at radius 3 is 2.29 bits per heavy atom. The van der Waals surface area contributed by atoms with E-state index in [1.165, 1.54) is 6.07 Å². The Hall–Kier alpha value is -2.99. The zero-order valence-electron chi connectivity index (χ0n) is 16.0. The Morgan fingerprint density at radius 1 is 1.04 bits per heavy atom. The molecular weight excluding hydrogens is 358 g/mol. The summed E-state index contributed by atoms with van der Waals surface area (Å²) in [6.07, 6.45) is 0.658. The van der Waals surface area contributed by atoms with Gasteiger partial charge in [0.05, 0.1) is 17.5 Å². The van der Waals surface area contributed by atoms with Crippen molar-refractivity contribution in [3.8, 4) is 11.1 Å². The number of benzene rings is 2. The van der Waals surface area contributed by atoms with Crippen LogP contribution in [0.2, 0.25) is 0 Å². The summed E-state index contributed by atoms with van der Waals surface area (Å²) < 4.78 is 0. The molecule has 0 spiro atoms. The predicted octanol–water partition coefficient (Wildman–Crippen LogP) is 3.77. The van der Waals surface area contributed by atoms with Crippen LogP contribution in [0.5, 0.6) is 0 Å². The minimum atomic E-state index is -1.07. The van der Waals surface area contributed by atoms with Crippen molar-refractivity contribution < 1.29 is 24.6 Å². The standard InChI is InChI=1S/C22H25NO5/c1-3-19(24)20(23-12-11-14(2)21(25)26)16-9-10-17(18(13-16)22(27)28)15-7-5-4-6-8-15/h4-10,13-14,20,23H,3,11-12H2,1-2H3,(H,25,26)(H,27,28)/t14-,20?/m1/s1. The number of carbonyl (C=O) groups excluding carboxylic acids is 1. The van der Waals surface area contributed by atoms with Crippen molar-refractivity contribution in [2.24, 2.45) is 5.92 Å². The number of carbonyl (C=O) groups is 3. The Morgan fingerprint density at radius 2 is 1.71 bits per heavy atom. The Kier molecular flexibility index (Phi) is 7.46. The van der Waals surface area contributed by atoms with E-state index in [-0.39, 0.29) is 17.8 Å². The van der Waals surface area contributed by atoms with Crippen molar-refractivity contribution in [1.82, 2.24) is 5.32 Å². The normalized spacial score (nSPS) is 12.9. The number of ketones is 1. The summed E-state index contributed by atoms with van der Waals surface area (Å²) in [6, 6.07) is 13.5. The van der Waals surface area contributed by atoms with Gasteiger partial charge in [-0.1, -0.05) is 56.3 Å². The van der Waals surface area contributed by atoms with E-state index in [4.69, 9.17) is 5.11 Å². The summed E-state index contributed by atoms with van der Waals surface area (Å²) in [5.41, 5.74) is 2.05. The molecule has 0 bridgehead atoms. The number of rotatable bonds is 10.